The Morgan fingerprint density at radius 3 is 2.85 bits per heavy atom. The Morgan fingerprint density at radius 2 is 2.25 bits per heavy atom. The molecule has 0 aromatic heterocycles. The van der Waals surface area contributed by atoms with E-state index in [1.807, 2.05) is 0 Å². The van der Waals surface area contributed by atoms with Gasteiger partial charge in [0.05, 0.1) is 11.6 Å². The molecule has 2 rings (SSSR count). The third-order valence-electron chi connectivity index (χ3n) is 3.27. The molecule has 1 heterocycles. The monoisotopic (exact) mass is 344 g/mol. The first-order valence-electron chi connectivity index (χ1n) is 5.93. The molecule has 1 aliphatic rings. The van der Waals surface area contributed by atoms with E-state index in [0.29, 0.717) is 10.0 Å². The summed E-state index contributed by atoms with van der Waals surface area (Å²) in [6.45, 7) is 0. The predicted octanol–water partition coefficient (Wildman–Crippen LogP) is 1.76. The van der Waals surface area contributed by atoms with Gasteiger partial charge in [-0.1, -0.05) is 0 Å². The van der Waals surface area contributed by atoms with Crippen molar-refractivity contribution in [1.82, 2.24) is 5.32 Å². The molecule has 1 amide bonds. The van der Waals surface area contributed by atoms with Crippen LogP contribution in [0.5, 0.6) is 11.5 Å². The van der Waals surface area contributed by atoms with Crippen LogP contribution in [0, 0.1) is 10.1 Å². The maximum atomic E-state index is 11.5. The SMILES string of the molecule is COc1cc([C@@H]2NC(=O)CC[C@H]2[N+](=O)[O-])cc(Br)c1O. The van der Waals surface area contributed by atoms with E-state index in [0.717, 1.165) is 0 Å². The molecule has 0 bridgehead atoms. The summed E-state index contributed by atoms with van der Waals surface area (Å²) in [5.74, 6) is -0.122. The number of rotatable bonds is 3. The molecule has 0 aliphatic carbocycles. The van der Waals surface area contributed by atoms with Crippen LogP contribution in [0.2, 0.25) is 0 Å². The lowest BCUT2D eigenvalue weighted by atomic mass is 9.92. The fourth-order valence-corrected chi connectivity index (χ4v) is 2.71. The maximum Gasteiger partial charge on any atom is 0.237 e. The van der Waals surface area contributed by atoms with Gasteiger partial charge in [0.25, 0.3) is 0 Å². The summed E-state index contributed by atoms with van der Waals surface area (Å²) >= 11 is 3.16. The number of carbonyl (C=O) groups excluding carboxylic acids is 1. The molecule has 20 heavy (non-hydrogen) atoms. The molecule has 0 unspecified atom stereocenters. The molecule has 1 fully saturated rings. The number of benzene rings is 1. The van der Waals surface area contributed by atoms with Gasteiger partial charge in [-0.05, 0) is 33.6 Å². The number of methoxy groups -OCH3 is 1. The van der Waals surface area contributed by atoms with E-state index in [1.54, 1.807) is 6.07 Å². The number of halogens is 1. The van der Waals surface area contributed by atoms with E-state index < -0.39 is 17.0 Å². The second-order valence-electron chi connectivity index (χ2n) is 4.49. The van der Waals surface area contributed by atoms with Crippen molar-refractivity contribution in [2.24, 2.45) is 0 Å². The molecular weight excluding hydrogens is 332 g/mol. The Morgan fingerprint density at radius 1 is 1.55 bits per heavy atom. The smallest absolute Gasteiger partial charge is 0.237 e. The number of hydrogen-bond donors (Lipinski definition) is 2. The minimum absolute atomic E-state index is 0.0870. The Bertz CT molecular complexity index is 563. The van der Waals surface area contributed by atoms with Gasteiger partial charge in [-0.3, -0.25) is 14.9 Å². The fraction of sp³-hybridized carbons (Fsp3) is 0.417. The molecule has 2 atom stereocenters. The van der Waals surface area contributed by atoms with Crippen LogP contribution in [0.15, 0.2) is 16.6 Å². The van der Waals surface area contributed by atoms with Crippen molar-refractivity contribution in [2.75, 3.05) is 7.11 Å². The molecule has 0 spiro atoms. The highest BCUT2D eigenvalue weighted by molar-refractivity contribution is 9.10. The van der Waals surface area contributed by atoms with Crippen molar-refractivity contribution >= 4 is 21.8 Å². The Labute approximate surface area is 123 Å². The number of phenols is 1. The highest BCUT2D eigenvalue weighted by atomic mass is 79.9. The van der Waals surface area contributed by atoms with Crippen LogP contribution in [-0.2, 0) is 4.79 Å². The topological polar surface area (TPSA) is 102 Å². The number of nitro groups is 1. The molecule has 0 radical (unpaired) electrons. The molecule has 8 heteroatoms. The van der Waals surface area contributed by atoms with E-state index in [1.165, 1.54) is 13.2 Å². The minimum atomic E-state index is -0.895. The van der Waals surface area contributed by atoms with E-state index in [-0.39, 0.29) is 30.2 Å². The van der Waals surface area contributed by atoms with Gasteiger partial charge in [-0.2, -0.15) is 0 Å². The Kier molecular flexibility index (Phi) is 4.12. The summed E-state index contributed by atoms with van der Waals surface area (Å²) < 4.78 is 5.37. The van der Waals surface area contributed by atoms with Gasteiger partial charge in [0.15, 0.2) is 11.5 Å². The number of nitrogens with one attached hydrogen (secondary N) is 1. The zero-order valence-electron chi connectivity index (χ0n) is 10.6. The summed E-state index contributed by atoms with van der Waals surface area (Å²) in [5, 5.41) is 23.5. The molecule has 0 saturated carbocycles. The summed E-state index contributed by atoms with van der Waals surface area (Å²) in [6, 6.07) is 1.41. The highest BCUT2D eigenvalue weighted by Crippen LogP contribution is 2.38. The van der Waals surface area contributed by atoms with E-state index in [2.05, 4.69) is 21.2 Å². The van der Waals surface area contributed by atoms with Crippen LogP contribution < -0.4 is 10.1 Å². The van der Waals surface area contributed by atoms with Crippen LogP contribution in [-0.4, -0.2) is 29.1 Å². The molecule has 2 N–H and O–H groups in total. The standard InChI is InChI=1S/C12H13BrN2O5/c1-20-9-5-6(4-7(13)12(9)17)11-8(15(18)19)2-3-10(16)14-11/h4-5,8,11,17H,2-3H2,1H3,(H,14,16)/t8-,11+/m1/s1. The van der Waals surface area contributed by atoms with Gasteiger partial charge in [0.1, 0.15) is 6.04 Å². The molecule has 1 aromatic carbocycles. The summed E-state index contributed by atoms with van der Waals surface area (Å²) in [4.78, 5) is 22.2. The number of phenolic OH excluding ortho intramolecular Hbond substituents is 1. The van der Waals surface area contributed by atoms with Gasteiger partial charge < -0.3 is 15.2 Å². The average molecular weight is 345 g/mol. The van der Waals surface area contributed by atoms with Crippen molar-refractivity contribution in [1.29, 1.82) is 0 Å². The summed E-state index contributed by atoms with van der Waals surface area (Å²) in [5.41, 5.74) is 0.515. The van der Waals surface area contributed by atoms with Gasteiger partial charge in [-0.15, -0.1) is 0 Å². The fourth-order valence-electron chi connectivity index (χ4n) is 2.25. The maximum absolute atomic E-state index is 11.5. The third kappa shape index (κ3) is 2.69. The summed E-state index contributed by atoms with van der Waals surface area (Å²) in [7, 11) is 1.38. The van der Waals surface area contributed by atoms with E-state index >= 15 is 0 Å². The van der Waals surface area contributed by atoms with Crippen molar-refractivity contribution in [2.45, 2.75) is 24.9 Å². The number of piperidine rings is 1. The van der Waals surface area contributed by atoms with Crippen LogP contribution in [0.4, 0.5) is 0 Å². The first-order chi connectivity index (χ1) is 9.43. The molecule has 1 aliphatic heterocycles. The normalized spacial score (nSPS) is 22.2. The summed E-state index contributed by atoms with van der Waals surface area (Å²) in [6.07, 6.45) is 0.322. The van der Waals surface area contributed by atoms with Crippen molar-refractivity contribution < 1.29 is 19.6 Å². The lowest BCUT2D eigenvalue weighted by Crippen LogP contribution is -2.45. The van der Waals surface area contributed by atoms with Gasteiger partial charge in [0, 0.05) is 17.8 Å². The number of nitrogens with zero attached hydrogens (tertiary/aromatic N) is 1. The van der Waals surface area contributed by atoms with E-state index in [4.69, 9.17) is 4.74 Å². The number of ether oxygens (including phenoxy) is 1. The van der Waals surface area contributed by atoms with Crippen LogP contribution in [0.3, 0.4) is 0 Å². The lowest BCUT2D eigenvalue weighted by Gasteiger charge is -2.27. The first-order valence-corrected chi connectivity index (χ1v) is 6.72. The highest BCUT2D eigenvalue weighted by Gasteiger charge is 2.38. The Hall–Kier alpha value is -1.83. The Balaban J connectivity index is 2.43. The molecule has 1 aromatic rings. The molecular formula is C12H13BrN2O5. The van der Waals surface area contributed by atoms with Crippen LogP contribution in [0.25, 0.3) is 0 Å². The van der Waals surface area contributed by atoms with Crippen molar-refractivity contribution in [3.05, 3.63) is 32.3 Å². The second-order valence-corrected chi connectivity index (χ2v) is 5.34. The average Bonchev–Trinajstić information content (AvgIpc) is 2.41. The van der Waals surface area contributed by atoms with Crippen molar-refractivity contribution in [3.63, 3.8) is 0 Å². The largest absolute Gasteiger partial charge is 0.503 e. The quantitative estimate of drug-likeness (QED) is 0.642. The van der Waals surface area contributed by atoms with Crippen LogP contribution in [0.1, 0.15) is 24.4 Å². The predicted molar refractivity (Wildman–Crippen MR) is 73.3 cm³/mol. The van der Waals surface area contributed by atoms with Crippen LogP contribution >= 0.6 is 15.9 Å². The van der Waals surface area contributed by atoms with Crippen molar-refractivity contribution in [3.8, 4) is 11.5 Å². The van der Waals surface area contributed by atoms with E-state index in [9.17, 15) is 20.0 Å². The molecule has 7 nitrogen and oxygen atoms in total. The van der Waals surface area contributed by atoms with Gasteiger partial charge in [0.2, 0.25) is 11.9 Å². The molecule has 1 saturated heterocycles. The minimum Gasteiger partial charge on any atom is -0.503 e. The number of hydrogen-bond acceptors (Lipinski definition) is 5. The zero-order chi connectivity index (χ0) is 14.9. The lowest BCUT2D eigenvalue weighted by molar-refractivity contribution is -0.529. The number of aromatic hydroxyl groups is 1. The third-order valence-corrected chi connectivity index (χ3v) is 3.87. The van der Waals surface area contributed by atoms with Gasteiger partial charge >= 0.3 is 0 Å². The second kappa shape index (κ2) is 5.66. The zero-order valence-corrected chi connectivity index (χ0v) is 12.2. The van der Waals surface area contributed by atoms with Gasteiger partial charge in [-0.25, -0.2) is 0 Å². The molecule has 108 valence electrons. The number of carbonyl (C=O) groups is 1. The first kappa shape index (κ1) is 14.6. The number of amides is 1.